The minimum Gasteiger partial charge on any atom is -0.379 e. The molecule has 0 spiro atoms. The van der Waals surface area contributed by atoms with Crippen LogP contribution in [0.4, 0.5) is 18.9 Å². The fraction of sp³-hybridized carbons (Fsp3) is 0.278. The van der Waals surface area contributed by atoms with Crippen molar-refractivity contribution in [3.63, 3.8) is 0 Å². The number of anilines is 1. The monoisotopic (exact) mass is 399 g/mol. The van der Waals surface area contributed by atoms with Crippen molar-refractivity contribution in [1.82, 2.24) is 0 Å². The molecule has 0 aliphatic carbocycles. The van der Waals surface area contributed by atoms with Crippen LogP contribution < -0.4 is 9.08 Å². The van der Waals surface area contributed by atoms with Crippen LogP contribution in [0.2, 0.25) is 0 Å². The summed E-state index contributed by atoms with van der Waals surface area (Å²) >= 11 is 0. The van der Waals surface area contributed by atoms with Crippen LogP contribution in [0.5, 0.6) is 5.75 Å². The molecule has 1 aliphatic rings. The molecule has 2 aromatic carbocycles. The van der Waals surface area contributed by atoms with Crippen molar-refractivity contribution in [2.24, 2.45) is 0 Å². The van der Waals surface area contributed by atoms with Crippen molar-refractivity contribution < 1.29 is 30.6 Å². The van der Waals surface area contributed by atoms with Gasteiger partial charge in [-0.3, -0.25) is 4.79 Å². The number of alkyl halides is 3. The van der Waals surface area contributed by atoms with Gasteiger partial charge in [-0.05, 0) is 55.3 Å². The molecule has 0 N–H and O–H groups in total. The maximum absolute atomic E-state index is 12.8. The van der Waals surface area contributed by atoms with E-state index in [2.05, 4.69) is 0 Å². The zero-order valence-corrected chi connectivity index (χ0v) is 15.3. The lowest BCUT2D eigenvalue weighted by Crippen LogP contribution is -2.33. The number of carbonyl (C=O) groups is 1. The van der Waals surface area contributed by atoms with E-state index in [0.717, 1.165) is 18.2 Å². The summed E-state index contributed by atoms with van der Waals surface area (Å²) < 4.78 is 68.2. The third-order valence-corrected chi connectivity index (χ3v) is 5.50. The van der Waals surface area contributed by atoms with Crippen molar-refractivity contribution in [1.29, 1.82) is 0 Å². The van der Waals surface area contributed by atoms with Gasteiger partial charge in [0.05, 0.1) is 5.56 Å². The Balaban J connectivity index is 1.91. The van der Waals surface area contributed by atoms with Crippen LogP contribution in [0, 0.1) is 0 Å². The maximum Gasteiger partial charge on any atom is 0.416 e. The van der Waals surface area contributed by atoms with Crippen molar-refractivity contribution in [3.05, 3.63) is 53.6 Å². The lowest BCUT2D eigenvalue weighted by atomic mass is 10.1. The van der Waals surface area contributed by atoms with Crippen LogP contribution in [0.3, 0.4) is 0 Å². The van der Waals surface area contributed by atoms with Crippen molar-refractivity contribution in [2.75, 3.05) is 4.90 Å². The van der Waals surface area contributed by atoms with Crippen LogP contribution in [0.1, 0.15) is 25.0 Å². The number of nitrogens with zero attached hydrogens (tertiary/aromatic N) is 1. The van der Waals surface area contributed by atoms with Crippen molar-refractivity contribution >= 4 is 21.7 Å². The SMILES string of the molecule is CC(=O)N1c2ccc(S(=O)(=O)Oc3cccc(C(F)(F)F)c3)cc2CC1C. The van der Waals surface area contributed by atoms with Crippen LogP contribution in [0.25, 0.3) is 0 Å². The second-order valence-corrected chi connectivity index (χ2v) is 7.84. The molecule has 1 amide bonds. The normalized spacial score (nSPS) is 16.9. The summed E-state index contributed by atoms with van der Waals surface area (Å²) in [5.41, 5.74) is 0.273. The number of hydrogen-bond acceptors (Lipinski definition) is 4. The molecule has 9 heteroatoms. The maximum atomic E-state index is 12.8. The minimum atomic E-state index is -4.61. The summed E-state index contributed by atoms with van der Waals surface area (Å²) in [5.74, 6) is -0.582. The van der Waals surface area contributed by atoms with Gasteiger partial charge >= 0.3 is 16.3 Å². The number of fused-ring (bicyclic) bond motifs is 1. The zero-order valence-electron chi connectivity index (χ0n) is 14.4. The Morgan fingerprint density at radius 3 is 2.52 bits per heavy atom. The third kappa shape index (κ3) is 3.78. The number of rotatable bonds is 3. The van der Waals surface area contributed by atoms with E-state index in [1.54, 1.807) is 4.90 Å². The number of carbonyl (C=O) groups excluding carboxylic acids is 1. The molecule has 1 unspecified atom stereocenters. The summed E-state index contributed by atoms with van der Waals surface area (Å²) in [7, 11) is -4.32. The lowest BCUT2D eigenvalue weighted by molar-refractivity contribution is -0.137. The van der Waals surface area contributed by atoms with Crippen LogP contribution in [0.15, 0.2) is 47.4 Å². The fourth-order valence-electron chi connectivity index (χ4n) is 3.14. The molecule has 2 aromatic rings. The first kappa shape index (κ1) is 19.2. The van der Waals surface area contributed by atoms with Gasteiger partial charge < -0.3 is 9.08 Å². The minimum absolute atomic E-state index is 0.111. The summed E-state index contributed by atoms with van der Waals surface area (Å²) in [6, 6.07) is 7.72. The molecule has 1 aliphatic heterocycles. The first-order chi connectivity index (χ1) is 12.5. The summed E-state index contributed by atoms with van der Waals surface area (Å²) in [5, 5.41) is 0. The predicted octanol–water partition coefficient (Wildman–Crippen LogP) is 3.77. The Hall–Kier alpha value is -2.55. The highest BCUT2D eigenvalue weighted by Crippen LogP contribution is 2.35. The third-order valence-electron chi connectivity index (χ3n) is 4.26. The molecule has 0 saturated carbocycles. The molecule has 144 valence electrons. The first-order valence-electron chi connectivity index (χ1n) is 8.03. The molecule has 0 aromatic heterocycles. The van der Waals surface area contributed by atoms with Crippen LogP contribution in [-0.4, -0.2) is 20.4 Å². The molecule has 0 radical (unpaired) electrons. The molecule has 0 saturated heterocycles. The molecule has 1 heterocycles. The standard InChI is InChI=1S/C18H16F3NO4S/c1-11-8-13-9-16(6-7-17(13)22(11)12(2)23)27(24,25)26-15-5-3-4-14(10-15)18(19,20)21/h3-7,9-11H,8H2,1-2H3. The Kier molecular flexibility index (Phi) is 4.67. The van der Waals surface area contributed by atoms with Crippen LogP contribution in [-0.2, 0) is 27.5 Å². The van der Waals surface area contributed by atoms with E-state index in [-0.39, 0.29) is 16.8 Å². The second kappa shape index (κ2) is 6.56. The molecule has 1 atom stereocenters. The number of amides is 1. The van der Waals surface area contributed by atoms with Crippen molar-refractivity contribution in [2.45, 2.75) is 37.4 Å². The number of halogens is 3. The van der Waals surface area contributed by atoms with Crippen LogP contribution >= 0.6 is 0 Å². The van der Waals surface area contributed by atoms with E-state index in [0.29, 0.717) is 23.7 Å². The second-order valence-electron chi connectivity index (χ2n) is 6.30. The van der Waals surface area contributed by atoms with E-state index in [4.69, 9.17) is 4.18 Å². The molecule has 0 bridgehead atoms. The van der Waals surface area contributed by atoms with Gasteiger partial charge in [0.2, 0.25) is 5.91 Å². The average Bonchev–Trinajstić information content (AvgIpc) is 2.88. The summed E-state index contributed by atoms with van der Waals surface area (Å²) in [4.78, 5) is 13.1. The topological polar surface area (TPSA) is 63.7 Å². The molecular formula is C18H16F3NO4S. The predicted molar refractivity (Wildman–Crippen MR) is 92.0 cm³/mol. The highest BCUT2D eigenvalue weighted by Gasteiger charge is 2.32. The number of hydrogen-bond donors (Lipinski definition) is 0. The van der Waals surface area contributed by atoms with Gasteiger partial charge in [0.25, 0.3) is 0 Å². The number of benzene rings is 2. The lowest BCUT2D eigenvalue weighted by Gasteiger charge is -2.20. The van der Waals surface area contributed by atoms with E-state index in [9.17, 15) is 26.4 Å². The largest absolute Gasteiger partial charge is 0.416 e. The first-order valence-corrected chi connectivity index (χ1v) is 9.44. The fourth-order valence-corrected chi connectivity index (χ4v) is 4.12. The van der Waals surface area contributed by atoms with E-state index >= 15 is 0 Å². The quantitative estimate of drug-likeness (QED) is 0.737. The zero-order chi connectivity index (χ0) is 20.0. The van der Waals surface area contributed by atoms with E-state index in [1.807, 2.05) is 6.92 Å². The summed E-state index contributed by atoms with van der Waals surface area (Å²) in [6.07, 6.45) is -4.13. The van der Waals surface area contributed by atoms with Gasteiger partial charge in [-0.15, -0.1) is 0 Å². The molecule has 0 fully saturated rings. The highest BCUT2D eigenvalue weighted by molar-refractivity contribution is 7.87. The Labute approximate surface area is 154 Å². The van der Waals surface area contributed by atoms with E-state index in [1.165, 1.54) is 25.1 Å². The highest BCUT2D eigenvalue weighted by atomic mass is 32.2. The Morgan fingerprint density at radius 1 is 1.19 bits per heavy atom. The van der Waals surface area contributed by atoms with Gasteiger partial charge in [-0.25, -0.2) is 0 Å². The van der Waals surface area contributed by atoms with Gasteiger partial charge in [-0.1, -0.05) is 6.07 Å². The van der Waals surface area contributed by atoms with E-state index < -0.39 is 27.6 Å². The average molecular weight is 399 g/mol. The molecule has 5 nitrogen and oxygen atoms in total. The molecular weight excluding hydrogens is 383 g/mol. The van der Waals surface area contributed by atoms with Gasteiger partial charge in [0, 0.05) is 18.7 Å². The van der Waals surface area contributed by atoms with Gasteiger partial charge in [0.1, 0.15) is 10.6 Å². The molecule has 27 heavy (non-hydrogen) atoms. The van der Waals surface area contributed by atoms with Gasteiger partial charge in [0.15, 0.2) is 0 Å². The van der Waals surface area contributed by atoms with Crippen molar-refractivity contribution in [3.8, 4) is 5.75 Å². The van der Waals surface area contributed by atoms with Gasteiger partial charge in [-0.2, -0.15) is 21.6 Å². The summed E-state index contributed by atoms with van der Waals surface area (Å²) in [6.45, 7) is 3.27. The Bertz CT molecular complexity index is 1000. The smallest absolute Gasteiger partial charge is 0.379 e. The Morgan fingerprint density at radius 2 is 1.89 bits per heavy atom. The molecule has 3 rings (SSSR count).